The highest BCUT2D eigenvalue weighted by Crippen LogP contribution is 2.62. The summed E-state index contributed by atoms with van der Waals surface area (Å²) in [6, 6.07) is 11.1. The lowest BCUT2D eigenvalue weighted by molar-refractivity contribution is -0.00614. The van der Waals surface area contributed by atoms with Gasteiger partial charge < -0.3 is 14.2 Å². The van der Waals surface area contributed by atoms with Crippen molar-refractivity contribution in [2.75, 3.05) is 21.0 Å². The van der Waals surface area contributed by atoms with Gasteiger partial charge in [0, 0.05) is 18.2 Å². The van der Waals surface area contributed by atoms with Crippen LogP contribution >= 0.6 is 0 Å². The number of hydrogen-bond acceptors (Lipinski definition) is 3. The van der Waals surface area contributed by atoms with Crippen molar-refractivity contribution in [2.45, 2.75) is 57.3 Å². The third kappa shape index (κ3) is 3.75. The van der Waals surface area contributed by atoms with Gasteiger partial charge in [0.05, 0.1) is 7.11 Å². The highest BCUT2D eigenvalue weighted by Gasteiger charge is 2.52. The summed E-state index contributed by atoms with van der Waals surface area (Å²) in [4.78, 5) is 0. The molecule has 0 unspecified atom stereocenters. The second kappa shape index (κ2) is 8.59. The van der Waals surface area contributed by atoms with Crippen LogP contribution in [0.4, 0.5) is 0 Å². The Balaban J connectivity index is 1.63. The van der Waals surface area contributed by atoms with Crippen molar-refractivity contribution in [3.63, 3.8) is 0 Å². The molecule has 0 heterocycles. The van der Waals surface area contributed by atoms with E-state index in [1.807, 2.05) is 13.2 Å². The molecule has 0 saturated heterocycles. The van der Waals surface area contributed by atoms with E-state index >= 15 is 0 Å². The van der Waals surface area contributed by atoms with Crippen molar-refractivity contribution in [2.24, 2.45) is 17.8 Å². The van der Waals surface area contributed by atoms with Gasteiger partial charge in [0.1, 0.15) is 11.5 Å². The number of ether oxygens (including phenoxy) is 3. The topological polar surface area (TPSA) is 27.7 Å². The molecule has 170 valence electrons. The molecular weight excluding hydrogens is 396 g/mol. The minimum atomic E-state index is 0.241. The number of aryl methyl sites for hydroxylation is 1. The summed E-state index contributed by atoms with van der Waals surface area (Å²) in [7, 11) is 3.49. The zero-order valence-corrected chi connectivity index (χ0v) is 19.8. The lowest BCUT2D eigenvalue weighted by Crippen LogP contribution is -2.48. The van der Waals surface area contributed by atoms with Crippen LogP contribution < -0.4 is 9.47 Å². The van der Waals surface area contributed by atoms with Gasteiger partial charge >= 0.3 is 0 Å². The summed E-state index contributed by atoms with van der Waals surface area (Å²) in [6.07, 6.45) is 11.1. The fourth-order valence-electron chi connectivity index (χ4n) is 7.32. The van der Waals surface area contributed by atoms with Gasteiger partial charge in [-0.2, -0.15) is 0 Å². The Hall–Kier alpha value is -2.26. The van der Waals surface area contributed by atoms with Gasteiger partial charge in [-0.25, -0.2) is 0 Å². The average molecular weight is 433 g/mol. The summed E-state index contributed by atoms with van der Waals surface area (Å²) in [5.41, 5.74) is 6.53. The SMILES string of the molecule is C=CCc1ccc(OCOC)c(-c2cc(C34CC5CC(CC(C5)C3)C4)c(OC)cc2C)c1. The van der Waals surface area contributed by atoms with Gasteiger partial charge in [0.15, 0.2) is 6.79 Å². The van der Waals surface area contributed by atoms with Crippen molar-refractivity contribution in [3.05, 3.63) is 59.7 Å². The smallest absolute Gasteiger partial charge is 0.188 e. The summed E-state index contributed by atoms with van der Waals surface area (Å²) < 4.78 is 17.2. The molecule has 0 N–H and O–H groups in total. The molecule has 0 aliphatic heterocycles. The number of hydrogen-bond donors (Lipinski definition) is 0. The van der Waals surface area contributed by atoms with Crippen LogP contribution in [0.5, 0.6) is 11.5 Å². The van der Waals surface area contributed by atoms with E-state index in [1.165, 1.54) is 60.8 Å². The molecular formula is C29H36O3. The van der Waals surface area contributed by atoms with Crippen LogP contribution in [0.25, 0.3) is 11.1 Å². The zero-order chi connectivity index (χ0) is 22.3. The lowest BCUT2D eigenvalue weighted by Gasteiger charge is -2.57. The van der Waals surface area contributed by atoms with Gasteiger partial charge in [-0.3, -0.25) is 0 Å². The van der Waals surface area contributed by atoms with Gasteiger partial charge in [-0.15, -0.1) is 6.58 Å². The van der Waals surface area contributed by atoms with E-state index in [0.29, 0.717) is 0 Å². The third-order valence-electron chi connectivity index (χ3n) is 8.20. The van der Waals surface area contributed by atoms with E-state index in [2.05, 4.69) is 43.8 Å². The van der Waals surface area contributed by atoms with E-state index in [1.54, 1.807) is 7.11 Å². The summed E-state index contributed by atoms with van der Waals surface area (Å²) in [5, 5.41) is 0. The van der Waals surface area contributed by atoms with Crippen molar-refractivity contribution in [3.8, 4) is 22.6 Å². The average Bonchev–Trinajstić information content (AvgIpc) is 2.77. The Bertz CT molecular complexity index is 970. The number of methoxy groups -OCH3 is 2. The predicted molar refractivity (Wildman–Crippen MR) is 129 cm³/mol. The van der Waals surface area contributed by atoms with Gasteiger partial charge in [0.2, 0.25) is 0 Å². The Morgan fingerprint density at radius 1 is 0.938 bits per heavy atom. The molecule has 0 atom stereocenters. The minimum Gasteiger partial charge on any atom is -0.496 e. The summed E-state index contributed by atoms with van der Waals surface area (Å²) >= 11 is 0. The monoisotopic (exact) mass is 432 g/mol. The van der Waals surface area contributed by atoms with Crippen LogP contribution in [-0.4, -0.2) is 21.0 Å². The fourth-order valence-corrected chi connectivity index (χ4v) is 7.32. The molecule has 4 bridgehead atoms. The van der Waals surface area contributed by atoms with E-state index < -0.39 is 0 Å². The largest absolute Gasteiger partial charge is 0.496 e. The maximum absolute atomic E-state index is 6.00. The first-order chi connectivity index (χ1) is 15.5. The molecule has 3 nitrogen and oxygen atoms in total. The maximum Gasteiger partial charge on any atom is 0.188 e. The Kier molecular flexibility index (Phi) is 5.79. The van der Waals surface area contributed by atoms with Gasteiger partial charge in [-0.1, -0.05) is 12.1 Å². The fraction of sp³-hybridized carbons (Fsp3) is 0.517. The standard InChI is InChI=1S/C29H36O3/c1-5-6-20-7-8-27(32-18-30-3)25(13-20)24-14-26(28(31-4)9-19(24)2)29-15-21-10-22(16-29)12-23(11-21)17-29/h5,7-9,13-14,21-23H,1,6,10-12,15-18H2,2-4H3. The molecule has 0 aromatic heterocycles. The highest BCUT2D eigenvalue weighted by molar-refractivity contribution is 5.76. The quantitative estimate of drug-likeness (QED) is 0.337. The molecule has 3 heteroatoms. The first-order valence-electron chi connectivity index (χ1n) is 12.1. The third-order valence-corrected chi connectivity index (χ3v) is 8.20. The highest BCUT2D eigenvalue weighted by atomic mass is 16.7. The predicted octanol–water partition coefficient (Wildman–Crippen LogP) is 6.85. The molecule has 4 saturated carbocycles. The molecule has 0 spiro atoms. The van der Waals surface area contributed by atoms with Crippen LogP contribution in [0.15, 0.2) is 43.0 Å². The second-order valence-electron chi connectivity index (χ2n) is 10.4. The minimum absolute atomic E-state index is 0.241. The maximum atomic E-state index is 6.00. The van der Waals surface area contributed by atoms with E-state index in [4.69, 9.17) is 14.2 Å². The van der Waals surface area contributed by atoms with Crippen LogP contribution in [-0.2, 0) is 16.6 Å². The number of benzene rings is 2. The molecule has 6 rings (SSSR count). The molecule has 0 amide bonds. The lowest BCUT2D eigenvalue weighted by atomic mass is 9.48. The molecule has 2 aromatic rings. The molecule has 0 radical (unpaired) electrons. The molecule has 4 aliphatic rings. The molecule has 2 aromatic carbocycles. The first kappa shape index (κ1) is 21.6. The van der Waals surface area contributed by atoms with Crippen LogP contribution in [0.1, 0.15) is 55.2 Å². The zero-order valence-electron chi connectivity index (χ0n) is 19.8. The van der Waals surface area contributed by atoms with E-state index in [9.17, 15) is 0 Å². The number of allylic oxidation sites excluding steroid dienone is 1. The molecule has 4 fully saturated rings. The summed E-state index contributed by atoms with van der Waals surface area (Å²) in [6.45, 7) is 6.35. The Labute approximate surface area is 192 Å². The Morgan fingerprint density at radius 2 is 1.62 bits per heavy atom. The van der Waals surface area contributed by atoms with Crippen molar-refractivity contribution in [1.82, 2.24) is 0 Å². The molecule has 32 heavy (non-hydrogen) atoms. The van der Waals surface area contributed by atoms with Crippen LogP contribution in [0.2, 0.25) is 0 Å². The van der Waals surface area contributed by atoms with Crippen LogP contribution in [0.3, 0.4) is 0 Å². The van der Waals surface area contributed by atoms with Gasteiger partial charge in [0.25, 0.3) is 0 Å². The Morgan fingerprint density at radius 3 is 2.22 bits per heavy atom. The van der Waals surface area contributed by atoms with Gasteiger partial charge in [-0.05, 0) is 116 Å². The second-order valence-corrected chi connectivity index (χ2v) is 10.4. The first-order valence-corrected chi connectivity index (χ1v) is 12.1. The van der Waals surface area contributed by atoms with E-state index in [-0.39, 0.29) is 12.2 Å². The molecule has 4 aliphatic carbocycles. The number of rotatable bonds is 8. The van der Waals surface area contributed by atoms with Crippen LogP contribution in [0, 0.1) is 24.7 Å². The van der Waals surface area contributed by atoms with Crippen molar-refractivity contribution >= 4 is 0 Å². The van der Waals surface area contributed by atoms with Crippen molar-refractivity contribution in [1.29, 1.82) is 0 Å². The van der Waals surface area contributed by atoms with E-state index in [0.717, 1.165) is 41.2 Å². The normalized spacial score (nSPS) is 28.0. The van der Waals surface area contributed by atoms with Crippen molar-refractivity contribution < 1.29 is 14.2 Å². The summed E-state index contributed by atoms with van der Waals surface area (Å²) in [5.74, 6) is 4.62.